The van der Waals surface area contributed by atoms with Gasteiger partial charge in [-0.05, 0) is 18.1 Å². The first-order valence-electron chi connectivity index (χ1n) is 4.55. The van der Waals surface area contributed by atoms with Crippen LogP contribution < -0.4 is 5.73 Å². The number of hydrogen-bond acceptors (Lipinski definition) is 3. The van der Waals surface area contributed by atoms with Crippen LogP contribution >= 0.6 is 11.3 Å². The summed E-state index contributed by atoms with van der Waals surface area (Å²) in [6, 6.07) is 3.28. The standard InChI is InChI=1S/C10H11FN2S/c1-2-3-6-4-5-7(11)9-8(6)13-10(12)14-9/h4-5H,2-3H2,1H3,(H2,12,13). The predicted octanol–water partition coefficient (Wildman–Crippen LogP) is 2.97. The Hall–Kier alpha value is -1.16. The van der Waals surface area contributed by atoms with Crippen LogP contribution in [0.15, 0.2) is 12.1 Å². The van der Waals surface area contributed by atoms with E-state index in [2.05, 4.69) is 11.9 Å². The van der Waals surface area contributed by atoms with E-state index < -0.39 is 0 Å². The fourth-order valence-corrected chi connectivity index (χ4v) is 2.30. The van der Waals surface area contributed by atoms with E-state index in [1.54, 1.807) is 6.07 Å². The highest BCUT2D eigenvalue weighted by molar-refractivity contribution is 7.22. The molecule has 0 aliphatic heterocycles. The van der Waals surface area contributed by atoms with E-state index in [9.17, 15) is 4.39 Å². The van der Waals surface area contributed by atoms with Crippen molar-refractivity contribution < 1.29 is 4.39 Å². The minimum Gasteiger partial charge on any atom is -0.375 e. The number of halogens is 1. The fraction of sp³-hybridized carbons (Fsp3) is 0.300. The molecule has 1 aromatic heterocycles. The molecule has 0 aliphatic rings. The van der Waals surface area contributed by atoms with E-state index >= 15 is 0 Å². The third-order valence-electron chi connectivity index (χ3n) is 2.11. The molecule has 2 aromatic rings. The first-order chi connectivity index (χ1) is 6.72. The average Bonchev–Trinajstić information content (AvgIpc) is 2.53. The zero-order valence-corrected chi connectivity index (χ0v) is 8.70. The first kappa shape index (κ1) is 9.40. The van der Waals surface area contributed by atoms with Crippen LogP contribution in [0.5, 0.6) is 0 Å². The first-order valence-corrected chi connectivity index (χ1v) is 5.37. The van der Waals surface area contributed by atoms with Gasteiger partial charge in [0, 0.05) is 0 Å². The van der Waals surface area contributed by atoms with Crippen LogP contribution in [-0.4, -0.2) is 4.98 Å². The molecule has 2 nitrogen and oxygen atoms in total. The summed E-state index contributed by atoms with van der Waals surface area (Å²) < 4.78 is 13.9. The Labute approximate surface area is 85.6 Å². The maximum Gasteiger partial charge on any atom is 0.181 e. The lowest BCUT2D eigenvalue weighted by Gasteiger charge is -1.99. The molecule has 0 unspecified atom stereocenters. The maximum absolute atomic E-state index is 13.3. The lowest BCUT2D eigenvalue weighted by Crippen LogP contribution is -1.88. The maximum atomic E-state index is 13.3. The Morgan fingerprint density at radius 1 is 1.50 bits per heavy atom. The Kier molecular flexibility index (Phi) is 2.37. The van der Waals surface area contributed by atoms with Crippen molar-refractivity contribution in [2.24, 2.45) is 0 Å². The van der Waals surface area contributed by atoms with Gasteiger partial charge >= 0.3 is 0 Å². The molecule has 0 saturated heterocycles. The van der Waals surface area contributed by atoms with Gasteiger partial charge in [-0.15, -0.1) is 0 Å². The lowest BCUT2D eigenvalue weighted by atomic mass is 10.1. The summed E-state index contributed by atoms with van der Waals surface area (Å²) in [4.78, 5) is 4.15. The molecule has 2 N–H and O–H groups in total. The number of anilines is 1. The van der Waals surface area contributed by atoms with Crippen LogP contribution in [0.1, 0.15) is 18.9 Å². The van der Waals surface area contributed by atoms with Crippen LogP contribution in [0.2, 0.25) is 0 Å². The van der Waals surface area contributed by atoms with Gasteiger partial charge in [0.1, 0.15) is 5.82 Å². The smallest absolute Gasteiger partial charge is 0.181 e. The van der Waals surface area contributed by atoms with Crippen molar-refractivity contribution in [1.29, 1.82) is 0 Å². The minimum atomic E-state index is -0.228. The summed E-state index contributed by atoms with van der Waals surface area (Å²) in [5.41, 5.74) is 7.38. The second kappa shape index (κ2) is 3.53. The molecule has 14 heavy (non-hydrogen) atoms. The Morgan fingerprint density at radius 2 is 2.29 bits per heavy atom. The quantitative estimate of drug-likeness (QED) is 0.827. The van der Waals surface area contributed by atoms with Gasteiger partial charge in [-0.2, -0.15) is 0 Å². The summed E-state index contributed by atoms with van der Waals surface area (Å²) in [5, 5.41) is 0.433. The second-order valence-corrected chi connectivity index (χ2v) is 4.22. The van der Waals surface area contributed by atoms with Crippen LogP contribution in [0.25, 0.3) is 10.2 Å². The van der Waals surface area contributed by atoms with Crippen molar-refractivity contribution in [3.05, 3.63) is 23.5 Å². The molecule has 0 amide bonds. The number of nitrogens with zero attached hydrogens (tertiary/aromatic N) is 1. The molecule has 2 rings (SSSR count). The normalized spacial score (nSPS) is 11.0. The second-order valence-electron chi connectivity index (χ2n) is 3.19. The van der Waals surface area contributed by atoms with Crippen LogP contribution in [0.4, 0.5) is 9.52 Å². The highest BCUT2D eigenvalue weighted by Crippen LogP contribution is 2.29. The minimum absolute atomic E-state index is 0.228. The Balaban J connectivity index is 2.68. The van der Waals surface area contributed by atoms with Gasteiger partial charge in [-0.3, -0.25) is 0 Å². The highest BCUT2D eigenvalue weighted by Gasteiger charge is 2.10. The Morgan fingerprint density at radius 3 is 3.00 bits per heavy atom. The van der Waals surface area contributed by atoms with Crippen molar-refractivity contribution in [3.63, 3.8) is 0 Å². The molecular weight excluding hydrogens is 199 g/mol. The summed E-state index contributed by atoms with van der Waals surface area (Å²) in [5.74, 6) is -0.228. The molecule has 1 aromatic carbocycles. The van der Waals surface area contributed by atoms with Crippen molar-refractivity contribution >= 4 is 26.7 Å². The number of nitrogen functional groups attached to an aromatic ring is 1. The average molecular weight is 210 g/mol. The summed E-state index contributed by atoms with van der Waals surface area (Å²) >= 11 is 1.21. The van der Waals surface area contributed by atoms with Gasteiger partial charge in [-0.1, -0.05) is 30.7 Å². The molecule has 0 bridgehead atoms. The third-order valence-corrected chi connectivity index (χ3v) is 3.01. The molecule has 74 valence electrons. The molecule has 0 saturated carbocycles. The molecule has 0 spiro atoms. The van der Waals surface area contributed by atoms with Gasteiger partial charge in [-0.25, -0.2) is 9.37 Å². The topological polar surface area (TPSA) is 38.9 Å². The number of aryl methyl sites for hydroxylation is 1. The van der Waals surface area contributed by atoms with Crippen LogP contribution in [-0.2, 0) is 6.42 Å². The van der Waals surface area contributed by atoms with E-state index in [1.807, 2.05) is 0 Å². The predicted molar refractivity (Wildman–Crippen MR) is 58.0 cm³/mol. The highest BCUT2D eigenvalue weighted by atomic mass is 32.1. The lowest BCUT2D eigenvalue weighted by molar-refractivity contribution is 0.641. The van der Waals surface area contributed by atoms with Gasteiger partial charge in [0.05, 0.1) is 10.2 Å². The van der Waals surface area contributed by atoms with Crippen molar-refractivity contribution in [2.75, 3.05) is 5.73 Å². The van der Waals surface area contributed by atoms with Crippen molar-refractivity contribution in [2.45, 2.75) is 19.8 Å². The molecular formula is C10H11FN2S. The van der Waals surface area contributed by atoms with E-state index in [1.165, 1.54) is 17.4 Å². The summed E-state index contributed by atoms with van der Waals surface area (Å²) in [6.45, 7) is 2.09. The van der Waals surface area contributed by atoms with E-state index in [4.69, 9.17) is 5.73 Å². The van der Waals surface area contributed by atoms with Gasteiger partial charge in [0.15, 0.2) is 5.13 Å². The van der Waals surface area contributed by atoms with Crippen LogP contribution in [0, 0.1) is 5.82 Å². The van der Waals surface area contributed by atoms with Crippen LogP contribution in [0.3, 0.4) is 0 Å². The number of aromatic nitrogens is 1. The molecule has 0 fully saturated rings. The van der Waals surface area contributed by atoms with Gasteiger partial charge in [0.25, 0.3) is 0 Å². The van der Waals surface area contributed by atoms with E-state index in [0.717, 1.165) is 23.9 Å². The monoisotopic (exact) mass is 210 g/mol. The number of hydrogen-bond donors (Lipinski definition) is 1. The number of benzene rings is 1. The molecule has 0 radical (unpaired) electrons. The van der Waals surface area contributed by atoms with E-state index in [0.29, 0.717) is 9.83 Å². The summed E-state index contributed by atoms with van der Waals surface area (Å²) in [6.07, 6.45) is 1.94. The van der Waals surface area contributed by atoms with Crippen molar-refractivity contribution in [1.82, 2.24) is 4.98 Å². The number of rotatable bonds is 2. The van der Waals surface area contributed by atoms with Gasteiger partial charge in [0.2, 0.25) is 0 Å². The zero-order valence-electron chi connectivity index (χ0n) is 7.88. The van der Waals surface area contributed by atoms with E-state index in [-0.39, 0.29) is 5.82 Å². The summed E-state index contributed by atoms with van der Waals surface area (Å²) in [7, 11) is 0. The molecule has 4 heteroatoms. The number of fused-ring (bicyclic) bond motifs is 1. The number of thiazole rings is 1. The van der Waals surface area contributed by atoms with Gasteiger partial charge < -0.3 is 5.73 Å². The zero-order chi connectivity index (χ0) is 10.1. The van der Waals surface area contributed by atoms with Crippen molar-refractivity contribution in [3.8, 4) is 0 Å². The molecule has 0 aliphatic carbocycles. The molecule has 1 heterocycles. The SMILES string of the molecule is CCCc1ccc(F)c2sc(N)nc12. The third kappa shape index (κ3) is 1.46. The Bertz CT molecular complexity index is 464. The largest absolute Gasteiger partial charge is 0.375 e. The number of nitrogens with two attached hydrogens (primary N) is 1. The fourth-order valence-electron chi connectivity index (χ4n) is 1.52. The molecule has 0 atom stereocenters.